The molecule has 0 bridgehead atoms. The zero-order chi connectivity index (χ0) is 15.6. The van der Waals surface area contributed by atoms with Gasteiger partial charge in [0.05, 0.1) is 19.3 Å². The first-order chi connectivity index (χ1) is 10.7. The monoisotopic (exact) mass is 365 g/mol. The summed E-state index contributed by atoms with van der Waals surface area (Å²) in [5.41, 5.74) is 0.520. The maximum absolute atomic E-state index is 10.9. The summed E-state index contributed by atoms with van der Waals surface area (Å²) < 4.78 is 12.3. The molecule has 0 amide bonds. The third-order valence-electron chi connectivity index (χ3n) is 4.62. The van der Waals surface area contributed by atoms with E-state index in [0.717, 1.165) is 48.1 Å². The van der Waals surface area contributed by atoms with Crippen molar-refractivity contribution in [2.75, 3.05) is 13.7 Å². The minimum Gasteiger partial charge on any atom is -0.493 e. The Bertz CT molecular complexity index is 600. The molecule has 0 aromatic heterocycles. The third-order valence-corrected chi connectivity index (χ3v) is 5.27. The highest BCUT2D eigenvalue weighted by atomic mass is 79.9. The van der Waals surface area contributed by atoms with Crippen molar-refractivity contribution < 1.29 is 14.3 Å². The lowest BCUT2D eigenvalue weighted by Crippen LogP contribution is -2.20. The fraction of sp³-hybridized carbons (Fsp3) is 0.588. The normalized spacial score (nSPS) is 19.5. The molecule has 2 fully saturated rings. The number of isocyanates is 1. The highest BCUT2D eigenvalue weighted by Gasteiger charge is 2.38. The molecule has 0 unspecified atom stereocenters. The zero-order valence-electron chi connectivity index (χ0n) is 12.7. The van der Waals surface area contributed by atoms with Crippen molar-refractivity contribution in [1.29, 1.82) is 0 Å². The maximum Gasteiger partial charge on any atom is 0.235 e. The standard InChI is InChI=1S/C17H20BrNO3/c1-21-15-8-13(17(19-11-20)6-2-3-7-17)14(18)9-16(15)22-10-12-4-5-12/h8-9,12H,2-7,10H2,1H3. The Hall–Kier alpha value is -1.32. The minimum absolute atomic E-state index is 0.469. The van der Waals surface area contributed by atoms with Gasteiger partial charge in [-0.1, -0.05) is 28.8 Å². The van der Waals surface area contributed by atoms with Crippen molar-refractivity contribution >= 4 is 22.0 Å². The number of carbonyl (C=O) groups excluding carboxylic acids is 1. The minimum atomic E-state index is -0.469. The van der Waals surface area contributed by atoms with Crippen LogP contribution in [-0.2, 0) is 10.3 Å². The van der Waals surface area contributed by atoms with Gasteiger partial charge < -0.3 is 9.47 Å². The highest BCUT2D eigenvalue weighted by Crippen LogP contribution is 2.48. The molecule has 0 atom stereocenters. The van der Waals surface area contributed by atoms with Crippen molar-refractivity contribution in [1.82, 2.24) is 0 Å². The van der Waals surface area contributed by atoms with Crippen LogP contribution < -0.4 is 9.47 Å². The average molecular weight is 366 g/mol. The van der Waals surface area contributed by atoms with E-state index in [0.29, 0.717) is 11.7 Å². The Kier molecular flexibility index (Phi) is 4.55. The summed E-state index contributed by atoms with van der Waals surface area (Å²) in [6, 6.07) is 3.90. The van der Waals surface area contributed by atoms with E-state index < -0.39 is 5.54 Å². The molecule has 0 radical (unpaired) electrons. The van der Waals surface area contributed by atoms with E-state index >= 15 is 0 Å². The van der Waals surface area contributed by atoms with Crippen LogP contribution in [0.4, 0.5) is 0 Å². The topological polar surface area (TPSA) is 47.9 Å². The summed E-state index contributed by atoms with van der Waals surface area (Å²) in [6.45, 7) is 0.736. The molecule has 0 heterocycles. The van der Waals surface area contributed by atoms with Crippen LogP contribution in [0, 0.1) is 5.92 Å². The van der Waals surface area contributed by atoms with E-state index in [9.17, 15) is 4.79 Å². The molecule has 118 valence electrons. The molecule has 2 aliphatic carbocycles. The second-order valence-corrected chi connectivity index (χ2v) is 7.03. The molecule has 0 spiro atoms. The van der Waals surface area contributed by atoms with Gasteiger partial charge >= 0.3 is 0 Å². The zero-order valence-corrected chi connectivity index (χ0v) is 14.3. The van der Waals surface area contributed by atoms with Crippen LogP contribution >= 0.6 is 15.9 Å². The first kappa shape index (κ1) is 15.6. The molecule has 4 nitrogen and oxygen atoms in total. The summed E-state index contributed by atoms with van der Waals surface area (Å²) in [4.78, 5) is 15.0. The van der Waals surface area contributed by atoms with E-state index in [4.69, 9.17) is 9.47 Å². The van der Waals surface area contributed by atoms with Gasteiger partial charge in [-0.3, -0.25) is 0 Å². The Balaban J connectivity index is 1.95. The van der Waals surface area contributed by atoms with Crippen molar-refractivity contribution in [3.63, 3.8) is 0 Å². The Labute approximate surface area is 139 Å². The van der Waals surface area contributed by atoms with Gasteiger partial charge in [-0.2, -0.15) is 4.99 Å². The molecule has 0 saturated heterocycles. The largest absolute Gasteiger partial charge is 0.493 e. The lowest BCUT2D eigenvalue weighted by atomic mass is 9.88. The van der Waals surface area contributed by atoms with Crippen LogP contribution in [0.1, 0.15) is 44.1 Å². The second kappa shape index (κ2) is 6.43. The quantitative estimate of drug-likeness (QED) is 0.556. The molecular formula is C17H20BrNO3. The molecule has 5 heteroatoms. The van der Waals surface area contributed by atoms with E-state index in [1.807, 2.05) is 12.1 Å². The molecule has 22 heavy (non-hydrogen) atoms. The van der Waals surface area contributed by atoms with Crippen LogP contribution in [0.25, 0.3) is 0 Å². The number of hydrogen-bond donors (Lipinski definition) is 0. The smallest absolute Gasteiger partial charge is 0.235 e. The molecule has 2 aliphatic rings. The van der Waals surface area contributed by atoms with Crippen LogP contribution in [0.5, 0.6) is 11.5 Å². The van der Waals surface area contributed by atoms with E-state index in [1.165, 1.54) is 12.8 Å². The summed E-state index contributed by atoms with van der Waals surface area (Å²) >= 11 is 3.62. The van der Waals surface area contributed by atoms with Crippen molar-refractivity contribution in [3.05, 3.63) is 22.2 Å². The first-order valence-electron chi connectivity index (χ1n) is 7.78. The lowest BCUT2D eigenvalue weighted by molar-refractivity contribution is 0.279. The molecule has 2 saturated carbocycles. The van der Waals surface area contributed by atoms with Gasteiger partial charge in [0, 0.05) is 4.47 Å². The SMILES string of the molecule is COc1cc(C2(N=C=O)CCCC2)c(Br)cc1OCC1CC1. The Morgan fingerprint density at radius 3 is 2.64 bits per heavy atom. The number of halogens is 1. The molecule has 1 aromatic rings. The fourth-order valence-corrected chi connectivity index (χ4v) is 3.84. The van der Waals surface area contributed by atoms with E-state index in [-0.39, 0.29) is 0 Å². The van der Waals surface area contributed by atoms with Gasteiger partial charge in [-0.25, -0.2) is 4.79 Å². The van der Waals surface area contributed by atoms with Gasteiger partial charge in [0.15, 0.2) is 11.5 Å². The molecule has 0 aliphatic heterocycles. The van der Waals surface area contributed by atoms with E-state index in [2.05, 4.69) is 20.9 Å². The van der Waals surface area contributed by atoms with Crippen molar-refractivity contribution in [2.45, 2.75) is 44.1 Å². The third kappa shape index (κ3) is 3.06. The number of nitrogens with zero attached hydrogens (tertiary/aromatic N) is 1. The van der Waals surface area contributed by atoms with Gasteiger partial charge in [-0.15, -0.1) is 0 Å². The first-order valence-corrected chi connectivity index (χ1v) is 8.58. The number of benzene rings is 1. The van der Waals surface area contributed by atoms with Gasteiger partial charge in [-0.05, 0) is 49.3 Å². The fourth-order valence-electron chi connectivity index (χ4n) is 3.14. The summed E-state index contributed by atoms with van der Waals surface area (Å²) in [7, 11) is 1.64. The molecule has 3 rings (SSSR count). The van der Waals surface area contributed by atoms with Crippen LogP contribution in [0.15, 0.2) is 21.6 Å². The van der Waals surface area contributed by atoms with Crippen LogP contribution in [-0.4, -0.2) is 19.8 Å². The Morgan fingerprint density at radius 1 is 1.32 bits per heavy atom. The van der Waals surface area contributed by atoms with Gasteiger partial charge in [0.25, 0.3) is 0 Å². The Morgan fingerprint density at radius 2 is 2.05 bits per heavy atom. The average Bonchev–Trinajstić information content (AvgIpc) is 3.23. The second-order valence-electron chi connectivity index (χ2n) is 6.18. The summed E-state index contributed by atoms with van der Waals surface area (Å²) in [5.74, 6) is 2.13. The number of aliphatic imine (C=N–C) groups is 1. The number of ether oxygens (including phenoxy) is 2. The summed E-state index contributed by atoms with van der Waals surface area (Å²) in [6.07, 6.45) is 8.13. The predicted octanol–water partition coefficient (Wildman–Crippen LogP) is 4.35. The van der Waals surface area contributed by atoms with Gasteiger partial charge in [0.2, 0.25) is 6.08 Å². The lowest BCUT2D eigenvalue weighted by Gasteiger charge is -2.25. The summed E-state index contributed by atoms with van der Waals surface area (Å²) in [5, 5.41) is 0. The van der Waals surface area contributed by atoms with E-state index in [1.54, 1.807) is 13.2 Å². The number of rotatable bonds is 6. The number of methoxy groups -OCH3 is 1. The van der Waals surface area contributed by atoms with Crippen LogP contribution in [0.3, 0.4) is 0 Å². The van der Waals surface area contributed by atoms with Gasteiger partial charge in [0.1, 0.15) is 0 Å². The van der Waals surface area contributed by atoms with Crippen LogP contribution in [0.2, 0.25) is 0 Å². The predicted molar refractivity (Wildman–Crippen MR) is 87.2 cm³/mol. The highest BCUT2D eigenvalue weighted by molar-refractivity contribution is 9.10. The van der Waals surface area contributed by atoms with Crippen molar-refractivity contribution in [3.8, 4) is 11.5 Å². The molecular weight excluding hydrogens is 346 g/mol. The molecule has 0 N–H and O–H groups in total. The number of hydrogen-bond acceptors (Lipinski definition) is 4. The van der Waals surface area contributed by atoms with Crippen molar-refractivity contribution in [2.24, 2.45) is 10.9 Å². The molecule has 1 aromatic carbocycles. The maximum atomic E-state index is 10.9.